The van der Waals surface area contributed by atoms with Gasteiger partial charge in [-0.2, -0.15) is 0 Å². The Morgan fingerprint density at radius 3 is 2.08 bits per heavy atom. The molecule has 0 heterocycles. The highest BCUT2D eigenvalue weighted by molar-refractivity contribution is 5.87. The average molecular weight is 186 g/mol. The van der Waals surface area contributed by atoms with Gasteiger partial charge in [-0.25, -0.2) is 4.79 Å². The smallest absolute Gasteiger partial charge is 0.335 e. The molecular weight excluding hydrogens is 175 g/mol. The number of benzene rings is 1. The maximum Gasteiger partial charge on any atom is 0.335 e. The van der Waals surface area contributed by atoms with Crippen molar-refractivity contribution in [3.63, 3.8) is 0 Å². The SMILES string of the molecule is CCF.O=C(O)c1ccc(O)cc1. The first-order valence-electron chi connectivity index (χ1n) is 3.70. The molecule has 2 N–H and O–H groups in total. The Bertz CT molecular complexity index is 256. The van der Waals surface area contributed by atoms with E-state index in [2.05, 4.69) is 0 Å². The van der Waals surface area contributed by atoms with E-state index in [9.17, 15) is 9.18 Å². The van der Waals surface area contributed by atoms with Gasteiger partial charge in [0.25, 0.3) is 0 Å². The molecule has 72 valence electrons. The second-order valence-corrected chi connectivity index (χ2v) is 2.12. The van der Waals surface area contributed by atoms with E-state index >= 15 is 0 Å². The number of alkyl halides is 1. The van der Waals surface area contributed by atoms with Crippen molar-refractivity contribution in [2.45, 2.75) is 6.92 Å². The van der Waals surface area contributed by atoms with Gasteiger partial charge >= 0.3 is 5.97 Å². The van der Waals surface area contributed by atoms with Gasteiger partial charge in [-0.05, 0) is 31.2 Å². The fourth-order valence-corrected chi connectivity index (χ4v) is 0.604. The minimum absolute atomic E-state index is 0.0741. The number of carboxylic acid groups (broad SMARTS) is 1. The summed E-state index contributed by atoms with van der Waals surface area (Å²) in [5.41, 5.74) is 0.179. The number of carboxylic acids is 1. The zero-order valence-electron chi connectivity index (χ0n) is 7.20. The molecule has 3 nitrogen and oxygen atoms in total. The summed E-state index contributed by atoms with van der Waals surface area (Å²) in [7, 11) is 0. The normalized spacial score (nSPS) is 8.46. The minimum Gasteiger partial charge on any atom is -0.508 e. The average Bonchev–Trinajstić information content (AvgIpc) is 2.06. The number of halogens is 1. The molecule has 0 saturated heterocycles. The van der Waals surface area contributed by atoms with Gasteiger partial charge in [-0.3, -0.25) is 4.39 Å². The molecule has 0 aliphatic carbocycles. The van der Waals surface area contributed by atoms with E-state index in [1.54, 1.807) is 0 Å². The number of phenolic OH excluding ortho intramolecular Hbond substituents is 1. The second-order valence-electron chi connectivity index (χ2n) is 2.12. The van der Waals surface area contributed by atoms with Crippen molar-refractivity contribution < 1.29 is 19.4 Å². The summed E-state index contributed by atoms with van der Waals surface area (Å²) in [6.07, 6.45) is 0. The van der Waals surface area contributed by atoms with Crippen LogP contribution in [-0.4, -0.2) is 22.9 Å². The molecule has 0 amide bonds. The van der Waals surface area contributed by atoms with Crippen molar-refractivity contribution in [3.05, 3.63) is 29.8 Å². The predicted molar refractivity (Wildman–Crippen MR) is 46.7 cm³/mol. The number of rotatable bonds is 1. The number of aromatic carboxylic acids is 1. The third-order valence-electron chi connectivity index (χ3n) is 1.11. The van der Waals surface area contributed by atoms with E-state index in [0.717, 1.165) is 0 Å². The summed E-state index contributed by atoms with van der Waals surface area (Å²) in [6, 6.07) is 5.36. The van der Waals surface area contributed by atoms with Crippen LogP contribution in [0, 0.1) is 0 Å². The van der Waals surface area contributed by atoms with Gasteiger partial charge in [0.05, 0.1) is 12.2 Å². The van der Waals surface area contributed by atoms with E-state index in [-0.39, 0.29) is 18.0 Å². The van der Waals surface area contributed by atoms with Crippen LogP contribution in [-0.2, 0) is 0 Å². The van der Waals surface area contributed by atoms with Crippen LogP contribution in [0.3, 0.4) is 0 Å². The van der Waals surface area contributed by atoms with Crippen molar-refractivity contribution in [3.8, 4) is 5.75 Å². The van der Waals surface area contributed by atoms with E-state index in [0.29, 0.717) is 0 Å². The van der Waals surface area contributed by atoms with Gasteiger partial charge in [-0.15, -0.1) is 0 Å². The standard InChI is InChI=1S/C7H6O3.C2H5F/c8-6-3-1-5(2-4-6)7(9)10;1-2-3/h1-4,8H,(H,9,10);2H2,1H3. The first-order chi connectivity index (χ1) is 6.11. The molecule has 4 heteroatoms. The van der Waals surface area contributed by atoms with E-state index < -0.39 is 5.97 Å². The third-order valence-corrected chi connectivity index (χ3v) is 1.11. The Hall–Kier alpha value is -1.58. The Morgan fingerprint density at radius 1 is 1.38 bits per heavy atom. The van der Waals surface area contributed by atoms with Crippen LogP contribution < -0.4 is 0 Å². The Morgan fingerprint density at radius 2 is 1.77 bits per heavy atom. The quantitative estimate of drug-likeness (QED) is 0.705. The van der Waals surface area contributed by atoms with Crippen LogP contribution in [0.4, 0.5) is 4.39 Å². The van der Waals surface area contributed by atoms with Crippen LogP contribution >= 0.6 is 0 Å². The zero-order chi connectivity index (χ0) is 10.3. The van der Waals surface area contributed by atoms with Gasteiger partial charge in [0.1, 0.15) is 5.75 Å². The molecule has 1 rings (SSSR count). The lowest BCUT2D eigenvalue weighted by molar-refractivity contribution is 0.0697. The summed E-state index contributed by atoms with van der Waals surface area (Å²) < 4.78 is 10.3. The highest BCUT2D eigenvalue weighted by Crippen LogP contribution is 2.08. The molecule has 0 fully saturated rings. The molecule has 0 aliphatic rings. The molecule has 0 bridgehead atoms. The Labute approximate surface area is 75.4 Å². The van der Waals surface area contributed by atoms with Crippen molar-refractivity contribution in [2.24, 2.45) is 0 Å². The fourth-order valence-electron chi connectivity index (χ4n) is 0.604. The third kappa shape index (κ3) is 4.79. The van der Waals surface area contributed by atoms with Crippen LogP contribution in [0.25, 0.3) is 0 Å². The summed E-state index contributed by atoms with van der Waals surface area (Å²) in [5, 5.41) is 17.1. The molecule has 0 aromatic heterocycles. The second kappa shape index (κ2) is 5.99. The lowest BCUT2D eigenvalue weighted by Crippen LogP contribution is -1.93. The zero-order valence-corrected chi connectivity index (χ0v) is 7.20. The predicted octanol–water partition coefficient (Wildman–Crippen LogP) is 2.07. The van der Waals surface area contributed by atoms with Crippen molar-refractivity contribution >= 4 is 5.97 Å². The van der Waals surface area contributed by atoms with Gasteiger partial charge in [0.15, 0.2) is 0 Å². The van der Waals surface area contributed by atoms with Crippen molar-refractivity contribution in [1.82, 2.24) is 0 Å². The lowest BCUT2D eigenvalue weighted by atomic mass is 10.2. The lowest BCUT2D eigenvalue weighted by Gasteiger charge is -1.92. The summed E-state index contributed by atoms with van der Waals surface area (Å²) in [6.45, 7) is 1.21. The molecule has 1 aromatic rings. The largest absolute Gasteiger partial charge is 0.508 e. The summed E-state index contributed by atoms with van der Waals surface area (Å²) in [4.78, 5) is 10.2. The van der Waals surface area contributed by atoms with Crippen LogP contribution in [0.5, 0.6) is 5.75 Å². The van der Waals surface area contributed by atoms with Gasteiger partial charge < -0.3 is 10.2 Å². The minimum atomic E-state index is -0.986. The highest BCUT2D eigenvalue weighted by atomic mass is 19.1. The van der Waals surface area contributed by atoms with Crippen LogP contribution in [0.2, 0.25) is 0 Å². The Balaban J connectivity index is 0.000000424. The number of carbonyl (C=O) groups is 1. The van der Waals surface area contributed by atoms with E-state index in [4.69, 9.17) is 10.2 Å². The van der Waals surface area contributed by atoms with Gasteiger partial charge in [0.2, 0.25) is 0 Å². The number of aromatic hydroxyl groups is 1. The van der Waals surface area contributed by atoms with E-state index in [1.807, 2.05) is 0 Å². The summed E-state index contributed by atoms with van der Waals surface area (Å²) in [5.74, 6) is -0.912. The maximum atomic E-state index is 10.3. The highest BCUT2D eigenvalue weighted by Gasteiger charge is 1.99. The number of phenols is 1. The van der Waals surface area contributed by atoms with Gasteiger partial charge in [-0.1, -0.05) is 0 Å². The monoisotopic (exact) mass is 186 g/mol. The molecule has 0 saturated carbocycles. The molecule has 0 aliphatic heterocycles. The van der Waals surface area contributed by atoms with Crippen molar-refractivity contribution in [1.29, 1.82) is 0 Å². The molecule has 0 radical (unpaired) electrons. The van der Waals surface area contributed by atoms with Crippen LogP contribution in [0.1, 0.15) is 17.3 Å². The fraction of sp³-hybridized carbons (Fsp3) is 0.222. The van der Waals surface area contributed by atoms with Crippen LogP contribution in [0.15, 0.2) is 24.3 Å². The van der Waals surface area contributed by atoms with Crippen molar-refractivity contribution in [2.75, 3.05) is 6.67 Å². The van der Waals surface area contributed by atoms with E-state index in [1.165, 1.54) is 31.2 Å². The first-order valence-corrected chi connectivity index (χ1v) is 3.70. The first kappa shape index (κ1) is 11.4. The molecule has 13 heavy (non-hydrogen) atoms. The molecule has 0 unspecified atom stereocenters. The summed E-state index contributed by atoms with van der Waals surface area (Å²) >= 11 is 0. The van der Waals surface area contributed by atoms with Gasteiger partial charge in [0, 0.05) is 0 Å². The Kier molecular flexibility index (Phi) is 5.27. The number of hydrogen-bond donors (Lipinski definition) is 2. The topological polar surface area (TPSA) is 57.5 Å². The maximum absolute atomic E-state index is 10.3. The molecular formula is C9H11FO3. The molecule has 1 aromatic carbocycles. The molecule has 0 spiro atoms. The number of hydrogen-bond acceptors (Lipinski definition) is 2. The molecule has 0 atom stereocenters.